The Morgan fingerprint density at radius 1 is 1.39 bits per heavy atom. The fraction of sp³-hybridized carbons (Fsp3) is 0.467. The van der Waals surface area contributed by atoms with Crippen LogP contribution in [0, 0.1) is 5.41 Å². The summed E-state index contributed by atoms with van der Waals surface area (Å²) in [6, 6.07) is 4.71. The number of methoxy groups -OCH3 is 1. The van der Waals surface area contributed by atoms with Crippen LogP contribution in [0.3, 0.4) is 0 Å². The molecule has 8 heteroatoms. The average molecular weight is 362 g/mol. The fourth-order valence-electron chi connectivity index (χ4n) is 2.53. The highest BCUT2D eigenvalue weighted by atomic mass is 35.5. The van der Waals surface area contributed by atoms with Gasteiger partial charge in [-0.25, -0.2) is 0 Å². The van der Waals surface area contributed by atoms with E-state index in [1.807, 2.05) is 0 Å². The molecule has 1 aromatic rings. The van der Waals surface area contributed by atoms with Crippen LogP contribution in [0.25, 0.3) is 0 Å². The van der Waals surface area contributed by atoms with Crippen molar-refractivity contribution in [2.75, 3.05) is 33.4 Å². The van der Waals surface area contributed by atoms with E-state index in [9.17, 15) is 14.7 Å². The number of carbonyl (C=O) groups excluding carboxylic acids is 1. The molecule has 0 aromatic heterocycles. The summed E-state index contributed by atoms with van der Waals surface area (Å²) in [6.07, 6.45) is 0.347. The predicted octanol–water partition coefficient (Wildman–Crippen LogP) is 2.32. The molecule has 0 spiro atoms. The molecule has 2 rings (SSSR count). The number of carbonyl (C=O) groups is 2. The van der Waals surface area contributed by atoms with E-state index in [4.69, 9.17) is 32.7 Å². The first-order chi connectivity index (χ1) is 10.9. The van der Waals surface area contributed by atoms with Crippen molar-refractivity contribution in [3.8, 4) is 5.75 Å². The smallest absolute Gasteiger partial charge is 0.313 e. The van der Waals surface area contributed by atoms with Crippen LogP contribution >= 0.6 is 23.2 Å². The first-order valence-corrected chi connectivity index (χ1v) is 7.71. The highest BCUT2D eigenvalue weighted by Gasteiger charge is 2.46. The Hall–Kier alpha value is -1.50. The number of likely N-dealkylation sites (tertiary alicyclic amines) is 1. The number of benzene rings is 1. The summed E-state index contributed by atoms with van der Waals surface area (Å²) >= 11 is 11.8. The molecular formula is C15H17Cl2NO5. The van der Waals surface area contributed by atoms with Gasteiger partial charge in [0.15, 0.2) is 6.61 Å². The second-order valence-electron chi connectivity index (χ2n) is 5.45. The Morgan fingerprint density at radius 2 is 2.13 bits per heavy atom. The quantitative estimate of drug-likeness (QED) is 0.841. The van der Waals surface area contributed by atoms with Gasteiger partial charge in [-0.2, -0.15) is 0 Å². The lowest BCUT2D eigenvalue weighted by molar-refractivity contribution is -0.151. The summed E-state index contributed by atoms with van der Waals surface area (Å²) in [5.74, 6) is -0.957. The van der Waals surface area contributed by atoms with Gasteiger partial charge in [0.05, 0.1) is 11.6 Å². The van der Waals surface area contributed by atoms with Crippen LogP contribution in [0.2, 0.25) is 10.0 Å². The number of amides is 1. The van der Waals surface area contributed by atoms with Crippen molar-refractivity contribution in [1.82, 2.24) is 4.90 Å². The maximum atomic E-state index is 12.2. The van der Waals surface area contributed by atoms with E-state index in [0.29, 0.717) is 28.8 Å². The van der Waals surface area contributed by atoms with E-state index in [1.165, 1.54) is 18.1 Å². The van der Waals surface area contributed by atoms with Gasteiger partial charge in [0.2, 0.25) is 0 Å². The number of halogens is 2. The van der Waals surface area contributed by atoms with Crippen molar-refractivity contribution in [2.45, 2.75) is 6.42 Å². The van der Waals surface area contributed by atoms with Crippen molar-refractivity contribution in [3.63, 3.8) is 0 Å². The topological polar surface area (TPSA) is 76.1 Å². The number of hydrogen-bond acceptors (Lipinski definition) is 4. The first kappa shape index (κ1) is 17.8. The van der Waals surface area contributed by atoms with Crippen molar-refractivity contribution < 1.29 is 24.2 Å². The SMILES string of the molecule is COCC1(C(=O)O)CCN(C(=O)COc2cc(Cl)ccc2Cl)C1. The molecule has 1 aliphatic heterocycles. The van der Waals surface area contributed by atoms with Crippen molar-refractivity contribution in [1.29, 1.82) is 0 Å². The van der Waals surface area contributed by atoms with Gasteiger partial charge < -0.3 is 19.5 Å². The summed E-state index contributed by atoms with van der Waals surface area (Å²) in [6.45, 7) is 0.276. The van der Waals surface area contributed by atoms with Crippen LogP contribution in [0.4, 0.5) is 0 Å². The molecule has 1 saturated heterocycles. The molecule has 0 saturated carbocycles. The second kappa shape index (κ2) is 7.38. The Kier molecular flexibility index (Phi) is 5.73. The normalized spacial score (nSPS) is 20.6. The maximum absolute atomic E-state index is 12.2. The molecule has 1 atom stereocenters. The highest BCUT2D eigenvalue weighted by Crippen LogP contribution is 2.32. The number of ether oxygens (including phenoxy) is 2. The second-order valence-corrected chi connectivity index (χ2v) is 6.29. The molecule has 1 aliphatic rings. The molecule has 1 aromatic carbocycles. The van der Waals surface area contributed by atoms with E-state index in [-0.39, 0.29) is 25.7 Å². The van der Waals surface area contributed by atoms with Gasteiger partial charge in [0.1, 0.15) is 11.2 Å². The minimum absolute atomic E-state index is 0.0626. The summed E-state index contributed by atoms with van der Waals surface area (Å²) in [5.41, 5.74) is -1.06. The summed E-state index contributed by atoms with van der Waals surface area (Å²) in [7, 11) is 1.44. The lowest BCUT2D eigenvalue weighted by Gasteiger charge is -2.23. The minimum Gasteiger partial charge on any atom is -0.482 e. The van der Waals surface area contributed by atoms with Gasteiger partial charge in [-0.1, -0.05) is 23.2 Å². The monoisotopic (exact) mass is 361 g/mol. The highest BCUT2D eigenvalue weighted by molar-refractivity contribution is 6.34. The van der Waals surface area contributed by atoms with Crippen LogP contribution < -0.4 is 4.74 Å². The summed E-state index contributed by atoms with van der Waals surface area (Å²) in [4.78, 5) is 25.1. The largest absolute Gasteiger partial charge is 0.482 e. The number of aliphatic carboxylic acids is 1. The number of hydrogen-bond donors (Lipinski definition) is 1. The zero-order valence-corrected chi connectivity index (χ0v) is 14.1. The Morgan fingerprint density at radius 3 is 2.78 bits per heavy atom. The summed E-state index contributed by atoms with van der Waals surface area (Å²) in [5, 5.41) is 10.2. The molecule has 1 N–H and O–H groups in total. The molecule has 0 aliphatic carbocycles. The molecule has 0 bridgehead atoms. The third-order valence-electron chi connectivity index (χ3n) is 3.83. The minimum atomic E-state index is -1.06. The Bertz CT molecular complexity index is 610. The number of carboxylic acid groups (broad SMARTS) is 1. The molecule has 1 heterocycles. The average Bonchev–Trinajstić information content (AvgIpc) is 2.94. The number of carboxylic acids is 1. The molecule has 1 amide bonds. The van der Waals surface area contributed by atoms with Gasteiger partial charge >= 0.3 is 5.97 Å². The van der Waals surface area contributed by atoms with Gasteiger partial charge in [0.25, 0.3) is 5.91 Å². The lowest BCUT2D eigenvalue weighted by Crippen LogP contribution is -2.41. The zero-order chi connectivity index (χ0) is 17.0. The number of nitrogens with zero attached hydrogens (tertiary/aromatic N) is 1. The van der Waals surface area contributed by atoms with Gasteiger partial charge in [-0.15, -0.1) is 0 Å². The zero-order valence-electron chi connectivity index (χ0n) is 12.6. The molecule has 1 fully saturated rings. The van der Waals surface area contributed by atoms with Gasteiger partial charge in [0, 0.05) is 31.3 Å². The van der Waals surface area contributed by atoms with Gasteiger partial charge in [-0.3, -0.25) is 9.59 Å². The fourth-order valence-corrected chi connectivity index (χ4v) is 2.87. The third kappa shape index (κ3) is 4.07. The van der Waals surface area contributed by atoms with Crippen LogP contribution in [0.1, 0.15) is 6.42 Å². The van der Waals surface area contributed by atoms with E-state index >= 15 is 0 Å². The van der Waals surface area contributed by atoms with E-state index in [1.54, 1.807) is 12.1 Å². The van der Waals surface area contributed by atoms with Crippen molar-refractivity contribution in [3.05, 3.63) is 28.2 Å². The van der Waals surface area contributed by atoms with Crippen molar-refractivity contribution in [2.24, 2.45) is 5.41 Å². The standard InChI is InChI=1S/C15H17Cl2NO5/c1-22-9-15(14(20)21)4-5-18(8-15)13(19)7-23-12-6-10(16)2-3-11(12)17/h2-3,6H,4-5,7-9H2,1H3,(H,20,21). The van der Waals surface area contributed by atoms with Crippen LogP contribution in [0.15, 0.2) is 18.2 Å². The van der Waals surface area contributed by atoms with Crippen LogP contribution in [-0.4, -0.2) is 55.3 Å². The molecular weight excluding hydrogens is 345 g/mol. The summed E-state index contributed by atoms with van der Waals surface area (Å²) < 4.78 is 10.4. The van der Waals surface area contributed by atoms with E-state index in [0.717, 1.165) is 0 Å². The third-order valence-corrected chi connectivity index (χ3v) is 4.37. The van der Waals surface area contributed by atoms with E-state index in [2.05, 4.69) is 0 Å². The van der Waals surface area contributed by atoms with Crippen LogP contribution in [-0.2, 0) is 14.3 Å². The molecule has 126 valence electrons. The Balaban J connectivity index is 1.97. The first-order valence-electron chi connectivity index (χ1n) is 6.96. The maximum Gasteiger partial charge on any atom is 0.313 e. The molecule has 1 unspecified atom stereocenters. The van der Waals surface area contributed by atoms with Crippen molar-refractivity contribution >= 4 is 35.1 Å². The molecule has 0 radical (unpaired) electrons. The van der Waals surface area contributed by atoms with Crippen LogP contribution in [0.5, 0.6) is 5.75 Å². The lowest BCUT2D eigenvalue weighted by atomic mass is 9.88. The number of rotatable bonds is 6. The molecule has 23 heavy (non-hydrogen) atoms. The Labute approximate surface area is 143 Å². The van der Waals surface area contributed by atoms with Gasteiger partial charge in [-0.05, 0) is 18.6 Å². The molecule has 6 nitrogen and oxygen atoms in total. The van der Waals surface area contributed by atoms with E-state index < -0.39 is 11.4 Å². The predicted molar refractivity (Wildman–Crippen MR) is 85.1 cm³/mol.